The summed E-state index contributed by atoms with van der Waals surface area (Å²) in [5.74, 6) is -2.64. The van der Waals surface area contributed by atoms with Crippen molar-refractivity contribution in [3.05, 3.63) is 36.2 Å². The fraction of sp³-hybridized carbons (Fsp3) is 0. The highest BCUT2D eigenvalue weighted by Crippen LogP contribution is 2.31. The summed E-state index contributed by atoms with van der Waals surface area (Å²) in [6, 6.07) is 1.39. The number of aromatic nitrogens is 3. The average molecular weight is 293 g/mol. The van der Waals surface area contributed by atoms with Crippen molar-refractivity contribution >= 4 is 33.4 Å². The van der Waals surface area contributed by atoms with E-state index in [1.54, 1.807) is 0 Å². The first-order valence-corrected chi connectivity index (χ1v) is 6.08. The van der Waals surface area contributed by atoms with E-state index in [-0.39, 0.29) is 5.69 Å². The van der Waals surface area contributed by atoms with E-state index in [9.17, 15) is 8.78 Å². The zero-order valence-corrected chi connectivity index (χ0v) is 10.5. The molecule has 0 radical (unpaired) electrons. The highest BCUT2D eigenvalue weighted by Gasteiger charge is 2.10. The molecule has 0 atom stereocenters. The second kappa shape index (κ2) is 4.85. The summed E-state index contributed by atoms with van der Waals surface area (Å²) in [5, 5.41) is 16.7. The number of benzene rings is 1. The van der Waals surface area contributed by atoms with E-state index in [0.29, 0.717) is 22.2 Å². The monoisotopic (exact) mass is 293 g/mol. The first-order valence-electron chi connectivity index (χ1n) is 5.31. The SMILES string of the molecule is Oc1cc(F)c(/N=N/c2snc3nccnc23)cc1F. The standard InChI is InChI=1S/C11H5F2N5OS/c12-5-4-8(19)6(13)3-7(5)16-17-11-9-10(18-20-11)15-2-1-14-9/h1-4,19H/b17-16+. The van der Waals surface area contributed by atoms with Crippen LogP contribution in [0.4, 0.5) is 19.5 Å². The van der Waals surface area contributed by atoms with Crippen molar-refractivity contribution in [3.63, 3.8) is 0 Å². The van der Waals surface area contributed by atoms with E-state index >= 15 is 0 Å². The van der Waals surface area contributed by atoms with Gasteiger partial charge < -0.3 is 5.11 Å². The third kappa shape index (κ3) is 2.18. The van der Waals surface area contributed by atoms with E-state index in [1.165, 1.54) is 12.4 Å². The number of nitrogens with zero attached hydrogens (tertiary/aromatic N) is 5. The Morgan fingerprint density at radius 2 is 1.85 bits per heavy atom. The van der Waals surface area contributed by atoms with Gasteiger partial charge in [0.1, 0.15) is 11.2 Å². The van der Waals surface area contributed by atoms with Crippen LogP contribution in [-0.4, -0.2) is 19.4 Å². The summed E-state index contributed by atoms with van der Waals surface area (Å²) < 4.78 is 30.6. The summed E-state index contributed by atoms with van der Waals surface area (Å²) in [6.45, 7) is 0. The Hall–Kier alpha value is -2.55. The summed E-state index contributed by atoms with van der Waals surface area (Å²) in [5.41, 5.74) is 0.510. The lowest BCUT2D eigenvalue weighted by Gasteiger charge is -1.98. The van der Waals surface area contributed by atoms with Crippen LogP contribution in [0, 0.1) is 11.6 Å². The molecule has 0 aliphatic rings. The Morgan fingerprint density at radius 3 is 2.70 bits per heavy atom. The van der Waals surface area contributed by atoms with Crippen LogP contribution >= 0.6 is 11.5 Å². The maximum atomic E-state index is 13.5. The maximum absolute atomic E-state index is 13.5. The average Bonchev–Trinajstić information content (AvgIpc) is 2.85. The number of aromatic hydroxyl groups is 1. The Bertz CT molecular complexity index is 820. The van der Waals surface area contributed by atoms with Crippen LogP contribution in [0.2, 0.25) is 0 Å². The van der Waals surface area contributed by atoms with Crippen molar-refractivity contribution in [1.82, 2.24) is 14.3 Å². The molecule has 2 heterocycles. The molecular formula is C11H5F2N5OS. The first-order chi connectivity index (χ1) is 9.65. The molecule has 20 heavy (non-hydrogen) atoms. The number of hydrogen-bond acceptors (Lipinski definition) is 7. The molecule has 3 aromatic rings. The zero-order chi connectivity index (χ0) is 14.1. The van der Waals surface area contributed by atoms with Gasteiger partial charge in [-0.05, 0) is 11.5 Å². The third-order valence-corrected chi connectivity index (χ3v) is 3.08. The van der Waals surface area contributed by atoms with Gasteiger partial charge in [-0.15, -0.1) is 10.2 Å². The minimum Gasteiger partial charge on any atom is -0.505 e. The van der Waals surface area contributed by atoms with Gasteiger partial charge in [-0.25, -0.2) is 18.7 Å². The van der Waals surface area contributed by atoms with Crippen molar-refractivity contribution in [2.45, 2.75) is 0 Å². The van der Waals surface area contributed by atoms with Crippen LogP contribution in [-0.2, 0) is 0 Å². The van der Waals surface area contributed by atoms with Crippen molar-refractivity contribution < 1.29 is 13.9 Å². The molecule has 0 fully saturated rings. The molecule has 0 amide bonds. The smallest absolute Gasteiger partial charge is 0.193 e. The fourth-order valence-electron chi connectivity index (χ4n) is 1.45. The Balaban J connectivity index is 2.00. The number of hydrogen-bond donors (Lipinski definition) is 1. The molecule has 2 aromatic heterocycles. The number of halogens is 2. The van der Waals surface area contributed by atoms with E-state index < -0.39 is 17.4 Å². The van der Waals surface area contributed by atoms with E-state index in [0.717, 1.165) is 17.6 Å². The highest BCUT2D eigenvalue weighted by atomic mass is 32.1. The van der Waals surface area contributed by atoms with Gasteiger partial charge >= 0.3 is 0 Å². The fourth-order valence-corrected chi connectivity index (χ4v) is 2.06. The Kier molecular flexibility index (Phi) is 3.03. The van der Waals surface area contributed by atoms with Crippen molar-refractivity contribution in [1.29, 1.82) is 0 Å². The maximum Gasteiger partial charge on any atom is 0.193 e. The van der Waals surface area contributed by atoms with Gasteiger partial charge in [-0.2, -0.15) is 4.37 Å². The van der Waals surface area contributed by atoms with Gasteiger partial charge in [0.15, 0.2) is 28.0 Å². The van der Waals surface area contributed by atoms with Gasteiger partial charge in [-0.1, -0.05) is 0 Å². The molecule has 0 spiro atoms. The normalized spacial score (nSPS) is 11.5. The predicted octanol–water partition coefficient (Wildman–Crippen LogP) is 3.49. The number of phenols is 1. The lowest BCUT2D eigenvalue weighted by atomic mass is 10.3. The number of azo groups is 1. The molecule has 100 valence electrons. The first kappa shape index (κ1) is 12.5. The second-order valence-corrected chi connectivity index (χ2v) is 4.42. The summed E-state index contributed by atoms with van der Waals surface area (Å²) in [7, 11) is 0. The molecule has 6 nitrogen and oxygen atoms in total. The molecule has 3 rings (SSSR count). The summed E-state index contributed by atoms with van der Waals surface area (Å²) in [4.78, 5) is 8.00. The molecule has 0 aliphatic heterocycles. The van der Waals surface area contributed by atoms with Gasteiger partial charge in [0.2, 0.25) is 0 Å². The minimum atomic E-state index is -0.977. The molecule has 1 N–H and O–H groups in total. The van der Waals surface area contributed by atoms with E-state index in [2.05, 4.69) is 24.6 Å². The van der Waals surface area contributed by atoms with Crippen molar-refractivity contribution in [3.8, 4) is 5.75 Å². The zero-order valence-electron chi connectivity index (χ0n) is 9.66. The highest BCUT2D eigenvalue weighted by molar-refractivity contribution is 7.11. The van der Waals surface area contributed by atoms with Crippen LogP contribution in [0.3, 0.4) is 0 Å². The number of phenolic OH excluding ortho intramolecular Hbond substituents is 1. The Morgan fingerprint density at radius 1 is 1.05 bits per heavy atom. The molecular weight excluding hydrogens is 288 g/mol. The van der Waals surface area contributed by atoms with Gasteiger partial charge in [0, 0.05) is 24.5 Å². The molecule has 1 aromatic carbocycles. The summed E-state index contributed by atoms with van der Waals surface area (Å²) in [6.07, 6.45) is 2.95. The van der Waals surface area contributed by atoms with Crippen LogP contribution in [0.25, 0.3) is 11.2 Å². The molecule has 0 saturated heterocycles. The topological polar surface area (TPSA) is 83.6 Å². The molecule has 0 aliphatic carbocycles. The van der Waals surface area contributed by atoms with Gasteiger partial charge in [0.25, 0.3) is 0 Å². The predicted molar refractivity (Wildman–Crippen MR) is 67.4 cm³/mol. The van der Waals surface area contributed by atoms with Crippen molar-refractivity contribution in [2.75, 3.05) is 0 Å². The van der Waals surface area contributed by atoms with Crippen LogP contribution in [0.15, 0.2) is 34.8 Å². The lowest BCUT2D eigenvalue weighted by molar-refractivity contribution is 0.427. The number of rotatable bonds is 2. The van der Waals surface area contributed by atoms with Crippen LogP contribution in [0.5, 0.6) is 5.75 Å². The minimum absolute atomic E-state index is 0.328. The number of fused-ring (bicyclic) bond motifs is 1. The van der Waals surface area contributed by atoms with Crippen LogP contribution < -0.4 is 0 Å². The largest absolute Gasteiger partial charge is 0.505 e. The molecule has 0 bridgehead atoms. The van der Waals surface area contributed by atoms with E-state index in [1.807, 2.05) is 0 Å². The van der Waals surface area contributed by atoms with Gasteiger partial charge in [-0.3, -0.25) is 0 Å². The molecule has 9 heteroatoms. The van der Waals surface area contributed by atoms with Crippen molar-refractivity contribution in [2.24, 2.45) is 10.2 Å². The van der Waals surface area contributed by atoms with E-state index in [4.69, 9.17) is 5.11 Å². The quantitative estimate of drug-likeness (QED) is 0.733. The molecule has 0 saturated carbocycles. The lowest BCUT2D eigenvalue weighted by Crippen LogP contribution is -1.80. The second-order valence-electron chi connectivity index (χ2n) is 3.67. The van der Waals surface area contributed by atoms with Crippen LogP contribution in [0.1, 0.15) is 0 Å². The third-order valence-electron chi connectivity index (χ3n) is 2.36. The summed E-state index contributed by atoms with van der Waals surface area (Å²) >= 11 is 0.994. The Labute approximate surface area is 114 Å². The van der Waals surface area contributed by atoms with Gasteiger partial charge in [0.05, 0.1) is 0 Å². The molecule has 0 unspecified atom stereocenters.